The molecule has 2 aliphatic rings. The molecule has 1 aliphatic carbocycles. The Morgan fingerprint density at radius 1 is 1.05 bits per heavy atom. The number of hydrogen-bond acceptors (Lipinski definition) is 4. The molecule has 0 spiro atoms. The summed E-state index contributed by atoms with van der Waals surface area (Å²) in [5.41, 5.74) is 0. The van der Waals surface area contributed by atoms with Gasteiger partial charge in [-0.2, -0.15) is 0 Å². The van der Waals surface area contributed by atoms with E-state index in [-0.39, 0.29) is 36.6 Å². The maximum atomic E-state index is 12.2. The minimum Gasteiger partial charge on any atom is -0.426 e. The highest BCUT2D eigenvalue weighted by Crippen LogP contribution is 2.35. The fourth-order valence-corrected chi connectivity index (χ4v) is 2.96. The number of carbonyl (C=O) groups is 3. The SMILES string of the molecule is O=C(CCN1C(=O)[C@@H]2CC=CC[C@H]2C1=O)Oc1ccccc1. The molecule has 0 aromatic heterocycles. The van der Waals surface area contributed by atoms with Gasteiger partial charge in [0.2, 0.25) is 11.8 Å². The lowest BCUT2D eigenvalue weighted by Crippen LogP contribution is -2.33. The molecule has 2 amide bonds. The molecule has 3 rings (SSSR count). The summed E-state index contributed by atoms with van der Waals surface area (Å²) in [7, 11) is 0. The van der Waals surface area contributed by atoms with Gasteiger partial charge in [-0.05, 0) is 25.0 Å². The number of imide groups is 1. The van der Waals surface area contributed by atoms with Crippen LogP contribution in [-0.4, -0.2) is 29.2 Å². The number of ether oxygens (including phenoxy) is 1. The number of benzene rings is 1. The van der Waals surface area contributed by atoms with E-state index in [4.69, 9.17) is 4.74 Å². The van der Waals surface area contributed by atoms with Crippen molar-refractivity contribution in [2.45, 2.75) is 19.3 Å². The summed E-state index contributed by atoms with van der Waals surface area (Å²) in [6.45, 7) is 0.0936. The highest BCUT2D eigenvalue weighted by atomic mass is 16.5. The van der Waals surface area contributed by atoms with Gasteiger partial charge in [0, 0.05) is 6.54 Å². The van der Waals surface area contributed by atoms with Gasteiger partial charge in [-0.3, -0.25) is 19.3 Å². The first-order chi connectivity index (χ1) is 10.7. The molecule has 1 aromatic carbocycles. The zero-order chi connectivity index (χ0) is 15.5. The van der Waals surface area contributed by atoms with Crippen LogP contribution in [0.25, 0.3) is 0 Å². The predicted molar refractivity (Wildman–Crippen MR) is 78.8 cm³/mol. The van der Waals surface area contributed by atoms with Crippen LogP contribution in [0.15, 0.2) is 42.5 Å². The summed E-state index contributed by atoms with van der Waals surface area (Å²) in [5, 5.41) is 0. The van der Waals surface area contributed by atoms with Crippen LogP contribution in [0.5, 0.6) is 5.75 Å². The van der Waals surface area contributed by atoms with Gasteiger partial charge < -0.3 is 4.74 Å². The first kappa shape index (κ1) is 14.5. The van der Waals surface area contributed by atoms with E-state index in [1.165, 1.54) is 4.90 Å². The zero-order valence-corrected chi connectivity index (χ0v) is 12.1. The van der Waals surface area contributed by atoms with Gasteiger partial charge in [-0.25, -0.2) is 0 Å². The van der Waals surface area contributed by atoms with Crippen molar-refractivity contribution in [3.63, 3.8) is 0 Å². The molecule has 1 saturated heterocycles. The molecule has 1 fully saturated rings. The largest absolute Gasteiger partial charge is 0.426 e. The van der Waals surface area contributed by atoms with Gasteiger partial charge in [0.15, 0.2) is 0 Å². The van der Waals surface area contributed by atoms with Crippen LogP contribution in [0, 0.1) is 11.8 Å². The molecule has 0 unspecified atom stereocenters. The lowest BCUT2D eigenvalue weighted by atomic mass is 9.85. The van der Waals surface area contributed by atoms with E-state index in [1.807, 2.05) is 18.2 Å². The van der Waals surface area contributed by atoms with Crippen molar-refractivity contribution in [1.82, 2.24) is 4.90 Å². The first-order valence-corrected chi connectivity index (χ1v) is 7.43. The Balaban J connectivity index is 1.56. The van der Waals surface area contributed by atoms with Crippen LogP contribution in [-0.2, 0) is 14.4 Å². The Morgan fingerprint density at radius 3 is 2.23 bits per heavy atom. The van der Waals surface area contributed by atoms with E-state index in [2.05, 4.69) is 0 Å². The number of likely N-dealkylation sites (tertiary alicyclic amines) is 1. The Bertz CT molecular complexity index is 597. The third kappa shape index (κ3) is 2.79. The normalized spacial score (nSPS) is 23.5. The van der Waals surface area contributed by atoms with E-state index in [0.717, 1.165) is 0 Å². The number of rotatable bonds is 4. The van der Waals surface area contributed by atoms with Crippen LogP contribution in [0.3, 0.4) is 0 Å². The fraction of sp³-hybridized carbons (Fsp3) is 0.353. The number of esters is 1. The average molecular weight is 299 g/mol. The van der Waals surface area contributed by atoms with Crippen LogP contribution in [0.1, 0.15) is 19.3 Å². The highest BCUT2D eigenvalue weighted by molar-refractivity contribution is 6.05. The lowest BCUT2D eigenvalue weighted by Gasteiger charge is -2.14. The van der Waals surface area contributed by atoms with Crippen LogP contribution in [0.4, 0.5) is 0 Å². The minimum atomic E-state index is -0.445. The minimum absolute atomic E-state index is 0.0131. The Labute approximate surface area is 128 Å². The third-order valence-electron chi connectivity index (χ3n) is 4.11. The molecule has 0 saturated carbocycles. The predicted octanol–water partition coefficient (Wildman–Crippen LogP) is 1.93. The van der Waals surface area contributed by atoms with Crippen molar-refractivity contribution in [1.29, 1.82) is 0 Å². The lowest BCUT2D eigenvalue weighted by molar-refractivity contribution is -0.141. The van der Waals surface area contributed by atoms with Gasteiger partial charge in [-0.15, -0.1) is 0 Å². The van der Waals surface area contributed by atoms with Crippen molar-refractivity contribution in [2.24, 2.45) is 11.8 Å². The molecule has 22 heavy (non-hydrogen) atoms. The zero-order valence-electron chi connectivity index (χ0n) is 12.1. The molecule has 1 heterocycles. The summed E-state index contributed by atoms with van der Waals surface area (Å²) < 4.78 is 5.16. The molecule has 5 nitrogen and oxygen atoms in total. The monoisotopic (exact) mass is 299 g/mol. The number of amides is 2. The second-order valence-electron chi connectivity index (χ2n) is 5.52. The first-order valence-electron chi connectivity index (χ1n) is 7.43. The molecular formula is C17H17NO4. The molecule has 2 atom stereocenters. The quantitative estimate of drug-likeness (QED) is 0.369. The third-order valence-corrected chi connectivity index (χ3v) is 4.11. The second-order valence-corrected chi connectivity index (χ2v) is 5.52. The van der Waals surface area contributed by atoms with Gasteiger partial charge >= 0.3 is 5.97 Å². The maximum absolute atomic E-state index is 12.2. The van der Waals surface area contributed by atoms with Crippen molar-refractivity contribution in [3.8, 4) is 5.75 Å². The number of hydrogen-bond donors (Lipinski definition) is 0. The molecule has 1 aromatic rings. The smallest absolute Gasteiger partial charge is 0.312 e. The van der Waals surface area contributed by atoms with E-state index in [0.29, 0.717) is 18.6 Å². The fourth-order valence-electron chi connectivity index (χ4n) is 2.96. The van der Waals surface area contributed by atoms with E-state index < -0.39 is 5.97 Å². The maximum Gasteiger partial charge on any atom is 0.312 e. The second kappa shape index (κ2) is 6.13. The van der Waals surface area contributed by atoms with Gasteiger partial charge in [0.25, 0.3) is 0 Å². The van der Waals surface area contributed by atoms with E-state index >= 15 is 0 Å². The molecule has 5 heteroatoms. The molecular weight excluding hydrogens is 282 g/mol. The van der Waals surface area contributed by atoms with Crippen molar-refractivity contribution in [3.05, 3.63) is 42.5 Å². The van der Waals surface area contributed by atoms with Crippen LogP contribution in [0.2, 0.25) is 0 Å². The molecule has 1 aliphatic heterocycles. The summed E-state index contributed by atoms with van der Waals surface area (Å²) in [6.07, 6.45) is 5.12. The molecule has 0 radical (unpaired) electrons. The van der Waals surface area contributed by atoms with Gasteiger partial charge in [-0.1, -0.05) is 30.4 Å². The van der Waals surface area contributed by atoms with Gasteiger partial charge in [0.05, 0.1) is 18.3 Å². The van der Waals surface area contributed by atoms with Crippen LogP contribution < -0.4 is 4.74 Å². The standard InChI is InChI=1S/C17H17NO4/c19-15(22-12-6-2-1-3-7-12)10-11-18-16(20)13-8-4-5-9-14(13)17(18)21/h1-7,13-14H,8-11H2/t13-,14-/m1/s1. The number of nitrogens with zero attached hydrogens (tertiary/aromatic N) is 1. The average Bonchev–Trinajstić information content (AvgIpc) is 2.78. The Kier molecular flexibility index (Phi) is 4.04. The van der Waals surface area contributed by atoms with Crippen molar-refractivity contribution in [2.75, 3.05) is 6.54 Å². The topological polar surface area (TPSA) is 63.7 Å². The van der Waals surface area contributed by atoms with Gasteiger partial charge in [0.1, 0.15) is 5.75 Å². The summed E-state index contributed by atoms with van der Waals surface area (Å²) in [5.74, 6) is -0.798. The Hall–Kier alpha value is -2.43. The summed E-state index contributed by atoms with van der Waals surface area (Å²) in [6, 6.07) is 8.74. The summed E-state index contributed by atoms with van der Waals surface area (Å²) >= 11 is 0. The number of carbonyl (C=O) groups excluding carboxylic acids is 3. The number of fused-ring (bicyclic) bond motifs is 1. The highest BCUT2D eigenvalue weighted by Gasteiger charge is 2.46. The number of para-hydroxylation sites is 1. The van der Waals surface area contributed by atoms with Crippen LogP contribution >= 0.6 is 0 Å². The molecule has 114 valence electrons. The molecule has 0 bridgehead atoms. The van der Waals surface area contributed by atoms with E-state index in [1.54, 1.807) is 24.3 Å². The van der Waals surface area contributed by atoms with Crippen molar-refractivity contribution >= 4 is 17.8 Å². The summed E-state index contributed by atoms with van der Waals surface area (Å²) in [4.78, 5) is 37.5. The number of allylic oxidation sites excluding steroid dienone is 2. The van der Waals surface area contributed by atoms with E-state index in [9.17, 15) is 14.4 Å². The Morgan fingerprint density at radius 2 is 1.64 bits per heavy atom. The molecule has 0 N–H and O–H groups in total. The van der Waals surface area contributed by atoms with Crippen molar-refractivity contribution < 1.29 is 19.1 Å².